The number of carbonyl (C=O) groups excluding carboxylic acids is 2. The molecule has 1 aromatic carbocycles. The van der Waals surface area contributed by atoms with Crippen molar-refractivity contribution >= 4 is 23.2 Å². The van der Waals surface area contributed by atoms with Gasteiger partial charge in [0.15, 0.2) is 11.5 Å². The Bertz CT molecular complexity index is 760. The van der Waals surface area contributed by atoms with Crippen LogP contribution in [0, 0.1) is 0 Å². The summed E-state index contributed by atoms with van der Waals surface area (Å²) in [6, 6.07) is 8.28. The van der Waals surface area contributed by atoms with E-state index in [-0.39, 0.29) is 17.9 Å². The first-order chi connectivity index (χ1) is 12.0. The number of benzene rings is 1. The fourth-order valence-corrected chi connectivity index (χ4v) is 3.12. The molecule has 2 atom stereocenters. The summed E-state index contributed by atoms with van der Waals surface area (Å²) >= 11 is 1.34. The molecule has 6 nitrogen and oxygen atoms in total. The van der Waals surface area contributed by atoms with E-state index >= 15 is 0 Å². The largest absolute Gasteiger partial charge is 0.486 e. The van der Waals surface area contributed by atoms with E-state index in [4.69, 9.17) is 9.47 Å². The molecule has 2 amide bonds. The summed E-state index contributed by atoms with van der Waals surface area (Å²) < 4.78 is 11.1. The first kappa shape index (κ1) is 17.3. The number of ether oxygens (including phenoxy) is 2. The van der Waals surface area contributed by atoms with Crippen LogP contribution in [0.2, 0.25) is 0 Å². The van der Waals surface area contributed by atoms with Crippen molar-refractivity contribution in [2.75, 3.05) is 13.2 Å². The Labute approximate surface area is 150 Å². The molecule has 2 N–H and O–H groups in total. The minimum Gasteiger partial charge on any atom is -0.486 e. The molecule has 3 rings (SSSR count). The fraction of sp³-hybridized carbons (Fsp3) is 0.333. The number of fused-ring (bicyclic) bond motifs is 1. The van der Waals surface area contributed by atoms with Gasteiger partial charge in [0.2, 0.25) is 5.91 Å². The molecule has 0 bridgehead atoms. The van der Waals surface area contributed by atoms with Crippen molar-refractivity contribution in [3.63, 3.8) is 0 Å². The summed E-state index contributed by atoms with van der Waals surface area (Å²) in [5.74, 6) is 0.908. The van der Waals surface area contributed by atoms with Crippen LogP contribution in [0.1, 0.15) is 35.1 Å². The van der Waals surface area contributed by atoms with Gasteiger partial charge in [0.05, 0.1) is 10.9 Å². The summed E-state index contributed by atoms with van der Waals surface area (Å²) in [6.45, 7) is 4.61. The number of hydrogen-bond acceptors (Lipinski definition) is 5. The van der Waals surface area contributed by atoms with Gasteiger partial charge in [0.25, 0.3) is 5.91 Å². The third-order valence-corrected chi connectivity index (χ3v) is 4.78. The van der Waals surface area contributed by atoms with Crippen molar-refractivity contribution in [1.82, 2.24) is 10.6 Å². The Morgan fingerprint density at radius 3 is 2.56 bits per heavy atom. The molecule has 0 unspecified atom stereocenters. The van der Waals surface area contributed by atoms with Crippen molar-refractivity contribution in [1.29, 1.82) is 0 Å². The van der Waals surface area contributed by atoms with Crippen molar-refractivity contribution in [2.24, 2.45) is 0 Å². The van der Waals surface area contributed by atoms with Crippen LogP contribution in [0.4, 0.5) is 0 Å². The highest BCUT2D eigenvalue weighted by molar-refractivity contribution is 7.12. The topological polar surface area (TPSA) is 76.7 Å². The van der Waals surface area contributed by atoms with Gasteiger partial charge in [0, 0.05) is 0 Å². The molecule has 1 aromatic heterocycles. The lowest BCUT2D eigenvalue weighted by Crippen LogP contribution is -2.45. The van der Waals surface area contributed by atoms with Gasteiger partial charge in [-0.15, -0.1) is 11.3 Å². The van der Waals surface area contributed by atoms with E-state index in [1.165, 1.54) is 11.3 Å². The van der Waals surface area contributed by atoms with E-state index in [0.717, 1.165) is 5.56 Å². The lowest BCUT2D eigenvalue weighted by atomic mass is 10.1. The third-order valence-electron chi connectivity index (χ3n) is 3.91. The first-order valence-electron chi connectivity index (χ1n) is 8.09. The number of nitrogens with one attached hydrogen (secondary N) is 2. The number of hydrogen-bond donors (Lipinski definition) is 2. The second-order valence-electron chi connectivity index (χ2n) is 5.81. The summed E-state index contributed by atoms with van der Waals surface area (Å²) in [7, 11) is 0. The summed E-state index contributed by atoms with van der Waals surface area (Å²) in [6.07, 6.45) is 0. The zero-order valence-electron chi connectivity index (χ0n) is 14.1. The lowest BCUT2D eigenvalue weighted by molar-refractivity contribution is -0.123. The maximum Gasteiger partial charge on any atom is 0.261 e. The smallest absolute Gasteiger partial charge is 0.261 e. The minimum atomic E-state index is -0.630. The Kier molecular flexibility index (Phi) is 5.23. The monoisotopic (exact) mass is 360 g/mol. The predicted octanol–water partition coefficient (Wildman–Crippen LogP) is 2.52. The van der Waals surface area contributed by atoms with Gasteiger partial charge in [0.1, 0.15) is 19.3 Å². The van der Waals surface area contributed by atoms with Crippen LogP contribution >= 0.6 is 11.3 Å². The second-order valence-corrected chi connectivity index (χ2v) is 6.75. The van der Waals surface area contributed by atoms with Crippen molar-refractivity contribution in [3.05, 3.63) is 46.2 Å². The van der Waals surface area contributed by atoms with Gasteiger partial charge in [-0.1, -0.05) is 12.1 Å². The Morgan fingerprint density at radius 2 is 1.84 bits per heavy atom. The Hall–Kier alpha value is -2.54. The maximum absolute atomic E-state index is 12.3. The molecule has 0 fully saturated rings. The van der Waals surface area contributed by atoms with Crippen LogP contribution in [0.3, 0.4) is 0 Å². The van der Waals surface area contributed by atoms with E-state index in [2.05, 4.69) is 10.6 Å². The summed E-state index contributed by atoms with van der Waals surface area (Å²) in [5, 5.41) is 7.43. The van der Waals surface area contributed by atoms with Gasteiger partial charge in [-0.25, -0.2) is 0 Å². The molecule has 25 heavy (non-hydrogen) atoms. The van der Waals surface area contributed by atoms with E-state index in [9.17, 15) is 9.59 Å². The van der Waals surface area contributed by atoms with Gasteiger partial charge < -0.3 is 20.1 Å². The summed E-state index contributed by atoms with van der Waals surface area (Å²) in [4.78, 5) is 25.0. The molecule has 2 aromatic rings. The fourth-order valence-electron chi connectivity index (χ4n) is 2.49. The molecule has 0 spiro atoms. The van der Waals surface area contributed by atoms with Crippen molar-refractivity contribution in [3.8, 4) is 11.5 Å². The average molecular weight is 360 g/mol. The van der Waals surface area contributed by atoms with E-state index < -0.39 is 6.04 Å². The Balaban J connectivity index is 1.59. The van der Waals surface area contributed by atoms with E-state index in [1.54, 1.807) is 19.1 Å². The zero-order chi connectivity index (χ0) is 17.8. The molecule has 0 radical (unpaired) electrons. The third kappa shape index (κ3) is 4.11. The van der Waals surface area contributed by atoms with Crippen LogP contribution in [-0.2, 0) is 4.79 Å². The normalized spacial score (nSPS) is 15.1. The standard InChI is InChI=1S/C18H20N2O4S/c1-11(13-5-6-14-15(10-13)24-8-7-23-14)19-17(21)12(2)20-18(22)16-4-3-9-25-16/h3-6,9-12H,7-8H2,1-2H3,(H,19,21)(H,20,22)/t11-,12-/m0/s1. The van der Waals surface area contributed by atoms with Crippen LogP contribution in [-0.4, -0.2) is 31.1 Å². The lowest BCUT2D eigenvalue weighted by Gasteiger charge is -2.22. The highest BCUT2D eigenvalue weighted by atomic mass is 32.1. The zero-order valence-corrected chi connectivity index (χ0v) is 14.9. The van der Waals surface area contributed by atoms with Crippen LogP contribution in [0.25, 0.3) is 0 Å². The summed E-state index contributed by atoms with van der Waals surface area (Å²) in [5.41, 5.74) is 0.911. The van der Waals surface area contributed by atoms with E-state index in [0.29, 0.717) is 29.6 Å². The number of rotatable bonds is 5. The number of thiophene rings is 1. The number of amides is 2. The highest BCUT2D eigenvalue weighted by Gasteiger charge is 2.20. The molecule has 7 heteroatoms. The van der Waals surface area contributed by atoms with Crippen LogP contribution in [0.5, 0.6) is 11.5 Å². The van der Waals surface area contributed by atoms with E-state index in [1.807, 2.05) is 30.5 Å². The average Bonchev–Trinajstić information content (AvgIpc) is 3.16. The molecular formula is C18H20N2O4S. The molecule has 0 saturated heterocycles. The maximum atomic E-state index is 12.3. The minimum absolute atomic E-state index is 0.218. The predicted molar refractivity (Wildman–Crippen MR) is 95.2 cm³/mol. The van der Waals surface area contributed by atoms with Crippen molar-refractivity contribution in [2.45, 2.75) is 25.9 Å². The van der Waals surface area contributed by atoms with Crippen LogP contribution in [0.15, 0.2) is 35.7 Å². The Morgan fingerprint density at radius 1 is 1.08 bits per heavy atom. The van der Waals surface area contributed by atoms with Gasteiger partial charge in [-0.3, -0.25) is 9.59 Å². The quantitative estimate of drug-likeness (QED) is 0.859. The molecule has 1 aliphatic heterocycles. The number of carbonyl (C=O) groups is 2. The van der Waals surface area contributed by atoms with Gasteiger partial charge in [-0.05, 0) is 43.0 Å². The van der Waals surface area contributed by atoms with Gasteiger partial charge >= 0.3 is 0 Å². The second kappa shape index (κ2) is 7.57. The van der Waals surface area contributed by atoms with Gasteiger partial charge in [-0.2, -0.15) is 0 Å². The molecule has 0 saturated carbocycles. The SMILES string of the molecule is C[C@H](NC(=O)c1cccs1)C(=O)N[C@@H](C)c1ccc2c(c1)OCCO2. The molecule has 2 heterocycles. The van der Waals surface area contributed by atoms with Crippen LogP contribution < -0.4 is 20.1 Å². The molecule has 1 aliphatic rings. The molecular weight excluding hydrogens is 340 g/mol. The molecule has 132 valence electrons. The molecule has 0 aliphatic carbocycles. The first-order valence-corrected chi connectivity index (χ1v) is 8.97. The van der Waals surface area contributed by atoms with Crippen molar-refractivity contribution < 1.29 is 19.1 Å². The highest BCUT2D eigenvalue weighted by Crippen LogP contribution is 2.32.